The molecule has 1 heterocycles. The van der Waals surface area contributed by atoms with Gasteiger partial charge in [-0.2, -0.15) is 0 Å². The standard InChI is InChI=1S/C26H28N2O2/c1-19(20-9-5-3-6-10-20)30-23-13-14-24-22(17-23)15-16-28(24)26(25(29)18-27-2)21-11-7-4-8-12-21/h3-17,19,25-27,29H,18H2,1-2H3/t19?,25-,26+/m1/s1. The van der Waals surface area contributed by atoms with Crippen LogP contribution in [0, 0.1) is 0 Å². The maximum Gasteiger partial charge on any atom is 0.121 e. The number of hydrogen-bond donors (Lipinski definition) is 2. The fourth-order valence-electron chi connectivity index (χ4n) is 3.99. The lowest BCUT2D eigenvalue weighted by molar-refractivity contribution is 0.132. The minimum absolute atomic E-state index is 0.0275. The van der Waals surface area contributed by atoms with E-state index in [4.69, 9.17) is 4.74 Å². The average Bonchev–Trinajstić information content (AvgIpc) is 3.18. The van der Waals surface area contributed by atoms with E-state index in [0.29, 0.717) is 6.54 Å². The molecule has 0 saturated heterocycles. The highest BCUT2D eigenvalue weighted by Crippen LogP contribution is 2.31. The third-order valence-corrected chi connectivity index (χ3v) is 5.49. The quantitative estimate of drug-likeness (QED) is 0.440. The van der Waals surface area contributed by atoms with E-state index in [2.05, 4.69) is 59.3 Å². The first-order chi connectivity index (χ1) is 14.7. The molecule has 2 N–H and O–H groups in total. The number of aliphatic hydroxyl groups is 1. The van der Waals surface area contributed by atoms with Crippen LogP contribution in [0.1, 0.15) is 30.2 Å². The molecule has 4 rings (SSSR count). The second kappa shape index (κ2) is 9.16. The predicted octanol–water partition coefficient (Wildman–Crippen LogP) is 4.95. The van der Waals surface area contributed by atoms with Gasteiger partial charge in [0.15, 0.2) is 0 Å². The Hall–Kier alpha value is -3.08. The zero-order valence-electron chi connectivity index (χ0n) is 17.4. The van der Waals surface area contributed by atoms with Crippen molar-refractivity contribution < 1.29 is 9.84 Å². The van der Waals surface area contributed by atoms with Gasteiger partial charge in [0.1, 0.15) is 11.9 Å². The van der Waals surface area contributed by atoms with Crippen molar-refractivity contribution in [2.24, 2.45) is 0 Å². The molecule has 0 amide bonds. The van der Waals surface area contributed by atoms with Crippen molar-refractivity contribution in [2.45, 2.75) is 25.2 Å². The van der Waals surface area contributed by atoms with Crippen LogP contribution in [0.25, 0.3) is 10.9 Å². The van der Waals surface area contributed by atoms with Crippen LogP contribution in [0.5, 0.6) is 5.75 Å². The number of aliphatic hydroxyl groups excluding tert-OH is 1. The van der Waals surface area contributed by atoms with Gasteiger partial charge in [0, 0.05) is 23.6 Å². The van der Waals surface area contributed by atoms with E-state index < -0.39 is 6.10 Å². The van der Waals surface area contributed by atoms with Gasteiger partial charge in [-0.05, 0) is 49.4 Å². The van der Waals surface area contributed by atoms with Crippen molar-refractivity contribution in [1.29, 1.82) is 0 Å². The van der Waals surface area contributed by atoms with Crippen molar-refractivity contribution in [1.82, 2.24) is 9.88 Å². The molecule has 0 fully saturated rings. The van der Waals surface area contributed by atoms with Crippen molar-refractivity contribution in [2.75, 3.05) is 13.6 Å². The summed E-state index contributed by atoms with van der Waals surface area (Å²) in [6.07, 6.45) is 1.47. The first-order valence-corrected chi connectivity index (χ1v) is 10.4. The number of aromatic nitrogens is 1. The number of nitrogens with one attached hydrogen (secondary N) is 1. The maximum absolute atomic E-state index is 10.9. The lowest BCUT2D eigenvalue weighted by Crippen LogP contribution is -2.33. The van der Waals surface area contributed by atoms with Crippen LogP contribution in [0.2, 0.25) is 0 Å². The van der Waals surface area contributed by atoms with E-state index in [1.807, 2.05) is 55.7 Å². The molecule has 154 valence electrons. The summed E-state index contributed by atoms with van der Waals surface area (Å²) in [6, 6.07) is 28.4. The van der Waals surface area contributed by atoms with Gasteiger partial charge >= 0.3 is 0 Å². The summed E-state index contributed by atoms with van der Waals surface area (Å²) < 4.78 is 8.33. The van der Waals surface area contributed by atoms with Crippen LogP contribution in [0.15, 0.2) is 91.1 Å². The Balaban J connectivity index is 1.65. The Morgan fingerprint density at radius 1 is 0.900 bits per heavy atom. The molecule has 4 aromatic rings. The van der Waals surface area contributed by atoms with E-state index >= 15 is 0 Å². The fraction of sp³-hybridized carbons (Fsp3) is 0.231. The Bertz CT molecular complexity index is 1080. The molecule has 30 heavy (non-hydrogen) atoms. The number of ether oxygens (including phenoxy) is 1. The monoisotopic (exact) mass is 400 g/mol. The predicted molar refractivity (Wildman–Crippen MR) is 122 cm³/mol. The summed E-state index contributed by atoms with van der Waals surface area (Å²) >= 11 is 0. The van der Waals surface area contributed by atoms with Crippen LogP contribution < -0.4 is 10.1 Å². The number of fused-ring (bicyclic) bond motifs is 1. The first-order valence-electron chi connectivity index (χ1n) is 10.4. The van der Waals surface area contributed by atoms with Crippen molar-refractivity contribution in [3.63, 3.8) is 0 Å². The number of hydrogen-bond acceptors (Lipinski definition) is 3. The highest BCUT2D eigenvalue weighted by atomic mass is 16.5. The smallest absolute Gasteiger partial charge is 0.121 e. The van der Waals surface area contributed by atoms with Gasteiger partial charge in [0.05, 0.1) is 12.1 Å². The zero-order valence-corrected chi connectivity index (χ0v) is 17.4. The average molecular weight is 401 g/mol. The molecular weight excluding hydrogens is 372 g/mol. The summed E-state index contributed by atoms with van der Waals surface area (Å²) in [5, 5.41) is 15.1. The van der Waals surface area contributed by atoms with Gasteiger partial charge in [0.25, 0.3) is 0 Å². The largest absolute Gasteiger partial charge is 0.486 e. The summed E-state index contributed by atoms with van der Waals surface area (Å²) in [6.45, 7) is 2.57. The normalized spacial score (nSPS) is 14.4. The lowest BCUT2D eigenvalue weighted by atomic mass is 10.0. The minimum atomic E-state index is -0.554. The molecule has 0 aliphatic carbocycles. The highest BCUT2D eigenvalue weighted by molar-refractivity contribution is 5.82. The summed E-state index contributed by atoms with van der Waals surface area (Å²) in [7, 11) is 1.86. The van der Waals surface area contributed by atoms with Crippen molar-refractivity contribution >= 4 is 10.9 Å². The van der Waals surface area contributed by atoms with Crippen LogP contribution in [0.3, 0.4) is 0 Å². The highest BCUT2D eigenvalue weighted by Gasteiger charge is 2.23. The SMILES string of the molecule is CNC[C@@H](O)[C@H](c1ccccc1)n1ccc2cc(OC(C)c3ccccc3)ccc21. The van der Waals surface area contributed by atoms with Gasteiger partial charge < -0.3 is 19.7 Å². The number of rotatable bonds is 8. The zero-order chi connectivity index (χ0) is 20.9. The van der Waals surface area contributed by atoms with Gasteiger partial charge in [-0.3, -0.25) is 0 Å². The molecule has 1 aromatic heterocycles. The number of benzene rings is 3. The summed E-state index contributed by atoms with van der Waals surface area (Å²) in [5.74, 6) is 0.837. The van der Waals surface area contributed by atoms with Gasteiger partial charge in [-0.1, -0.05) is 60.7 Å². The van der Waals surface area contributed by atoms with Crippen molar-refractivity contribution in [3.05, 3.63) is 102 Å². The molecule has 1 unspecified atom stereocenters. The van der Waals surface area contributed by atoms with Crippen LogP contribution >= 0.6 is 0 Å². The van der Waals surface area contributed by atoms with Crippen LogP contribution in [-0.2, 0) is 0 Å². The Labute approximate surface area is 177 Å². The Morgan fingerprint density at radius 2 is 1.57 bits per heavy atom. The van der Waals surface area contributed by atoms with Crippen LogP contribution in [-0.4, -0.2) is 29.4 Å². The lowest BCUT2D eigenvalue weighted by Gasteiger charge is -2.26. The number of likely N-dealkylation sites (N-methyl/N-ethyl adjacent to an activating group) is 1. The van der Waals surface area contributed by atoms with E-state index in [0.717, 1.165) is 27.8 Å². The first kappa shape index (κ1) is 20.2. The molecule has 0 spiro atoms. The second-order valence-corrected chi connectivity index (χ2v) is 7.59. The minimum Gasteiger partial charge on any atom is -0.486 e. The van der Waals surface area contributed by atoms with Gasteiger partial charge in [-0.15, -0.1) is 0 Å². The topological polar surface area (TPSA) is 46.4 Å². The molecule has 0 aliphatic heterocycles. The molecule has 0 bridgehead atoms. The van der Waals surface area contributed by atoms with E-state index in [-0.39, 0.29) is 12.1 Å². The molecule has 4 nitrogen and oxygen atoms in total. The maximum atomic E-state index is 10.9. The van der Waals surface area contributed by atoms with E-state index in [9.17, 15) is 5.11 Å². The fourth-order valence-corrected chi connectivity index (χ4v) is 3.99. The summed E-state index contributed by atoms with van der Waals surface area (Å²) in [4.78, 5) is 0. The molecule has 0 aliphatic rings. The Morgan fingerprint density at radius 3 is 2.23 bits per heavy atom. The molecule has 3 aromatic carbocycles. The molecule has 0 saturated carbocycles. The second-order valence-electron chi connectivity index (χ2n) is 7.59. The Kier molecular flexibility index (Phi) is 6.17. The van der Waals surface area contributed by atoms with Crippen LogP contribution in [0.4, 0.5) is 0 Å². The van der Waals surface area contributed by atoms with Gasteiger partial charge in [0.2, 0.25) is 0 Å². The number of nitrogens with zero attached hydrogens (tertiary/aromatic N) is 1. The molecule has 4 heteroatoms. The molecular formula is C26H28N2O2. The molecule has 0 radical (unpaired) electrons. The summed E-state index contributed by atoms with van der Waals surface area (Å²) in [5.41, 5.74) is 3.30. The van der Waals surface area contributed by atoms with E-state index in [1.54, 1.807) is 0 Å². The third-order valence-electron chi connectivity index (χ3n) is 5.49. The molecule has 3 atom stereocenters. The van der Waals surface area contributed by atoms with Crippen molar-refractivity contribution in [3.8, 4) is 5.75 Å². The third kappa shape index (κ3) is 4.25. The van der Waals surface area contributed by atoms with Gasteiger partial charge in [-0.25, -0.2) is 0 Å². The van der Waals surface area contributed by atoms with E-state index in [1.165, 1.54) is 0 Å².